The number of nitrogens with one attached hydrogen (secondary N) is 1. The van der Waals surface area contributed by atoms with Crippen molar-refractivity contribution < 1.29 is 14.5 Å². The molecule has 2 amide bonds. The van der Waals surface area contributed by atoms with Crippen molar-refractivity contribution in [3.05, 3.63) is 69.8 Å². The van der Waals surface area contributed by atoms with E-state index in [2.05, 4.69) is 5.32 Å². The molecule has 0 spiro atoms. The Kier molecular flexibility index (Phi) is 7.02. The van der Waals surface area contributed by atoms with Gasteiger partial charge in [-0.1, -0.05) is 50.2 Å². The molecular formula is C23H28N4O4. The highest BCUT2D eigenvalue weighted by molar-refractivity contribution is 5.97. The van der Waals surface area contributed by atoms with E-state index in [1.807, 2.05) is 54.0 Å². The molecule has 0 aromatic heterocycles. The van der Waals surface area contributed by atoms with Crippen LogP contribution in [0.3, 0.4) is 0 Å². The first-order chi connectivity index (χ1) is 14.8. The van der Waals surface area contributed by atoms with Gasteiger partial charge in [0.15, 0.2) is 0 Å². The molecule has 2 aromatic rings. The molecule has 31 heavy (non-hydrogen) atoms. The number of aryl methyl sites for hydroxylation is 1. The van der Waals surface area contributed by atoms with Crippen molar-refractivity contribution in [2.75, 3.05) is 31.5 Å². The van der Waals surface area contributed by atoms with Gasteiger partial charge in [0.1, 0.15) is 11.7 Å². The highest BCUT2D eigenvalue weighted by Gasteiger charge is 2.33. The molecule has 1 heterocycles. The molecule has 0 radical (unpaired) electrons. The van der Waals surface area contributed by atoms with Crippen LogP contribution < -0.4 is 5.32 Å². The van der Waals surface area contributed by atoms with E-state index in [0.29, 0.717) is 26.2 Å². The maximum Gasteiger partial charge on any atom is 0.293 e. The Balaban J connectivity index is 1.84. The number of anilines is 1. The zero-order valence-electron chi connectivity index (χ0n) is 18.1. The smallest absolute Gasteiger partial charge is 0.293 e. The Morgan fingerprint density at radius 1 is 1.03 bits per heavy atom. The van der Waals surface area contributed by atoms with Gasteiger partial charge in [-0.25, -0.2) is 0 Å². The minimum absolute atomic E-state index is 0.0677. The third kappa shape index (κ3) is 5.27. The molecule has 1 aliphatic heterocycles. The van der Waals surface area contributed by atoms with Crippen LogP contribution in [0, 0.1) is 23.0 Å². The Morgan fingerprint density at radius 2 is 1.68 bits per heavy atom. The summed E-state index contributed by atoms with van der Waals surface area (Å²) in [4.78, 5) is 40.5. The van der Waals surface area contributed by atoms with Gasteiger partial charge < -0.3 is 10.2 Å². The number of amides is 2. The van der Waals surface area contributed by atoms with E-state index in [9.17, 15) is 19.7 Å². The van der Waals surface area contributed by atoms with Crippen molar-refractivity contribution in [2.24, 2.45) is 5.92 Å². The zero-order valence-corrected chi connectivity index (χ0v) is 18.1. The molecule has 1 fully saturated rings. The van der Waals surface area contributed by atoms with Crippen molar-refractivity contribution in [1.82, 2.24) is 9.80 Å². The normalized spacial score (nSPS) is 15.5. The minimum Gasteiger partial charge on any atom is -0.340 e. The van der Waals surface area contributed by atoms with Crippen LogP contribution in [0.2, 0.25) is 0 Å². The van der Waals surface area contributed by atoms with Crippen LogP contribution in [0.25, 0.3) is 0 Å². The first-order valence-corrected chi connectivity index (χ1v) is 10.4. The lowest BCUT2D eigenvalue weighted by Crippen LogP contribution is -2.52. The number of hydrogen-bond donors (Lipinski definition) is 1. The summed E-state index contributed by atoms with van der Waals surface area (Å²) >= 11 is 0. The van der Waals surface area contributed by atoms with Crippen LogP contribution in [0.5, 0.6) is 0 Å². The Labute approximate surface area is 182 Å². The summed E-state index contributed by atoms with van der Waals surface area (Å²) in [5.74, 6) is -0.292. The third-order valence-electron chi connectivity index (χ3n) is 5.46. The predicted octanol–water partition coefficient (Wildman–Crippen LogP) is 3.38. The minimum atomic E-state index is -0.613. The topological polar surface area (TPSA) is 95.8 Å². The van der Waals surface area contributed by atoms with E-state index in [1.165, 1.54) is 6.07 Å². The van der Waals surface area contributed by atoms with Crippen LogP contribution in [-0.4, -0.2) is 52.7 Å². The number of carbonyl (C=O) groups is 2. The molecule has 3 rings (SSSR count). The van der Waals surface area contributed by atoms with Gasteiger partial charge >= 0.3 is 0 Å². The van der Waals surface area contributed by atoms with E-state index < -0.39 is 11.0 Å². The van der Waals surface area contributed by atoms with Gasteiger partial charge in [-0.2, -0.15) is 0 Å². The summed E-state index contributed by atoms with van der Waals surface area (Å²) in [6.45, 7) is 7.69. The number of benzene rings is 2. The van der Waals surface area contributed by atoms with Crippen LogP contribution in [-0.2, 0) is 9.59 Å². The van der Waals surface area contributed by atoms with Gasteiger partial charge in [-0.15, -0.1) is 0 Å². The lowest BCUT2D eigenvalue weighted by molar-refractivity contribution is -0.384. The van der Waals surface area contributed by atoms with Crippen LogP contribution >= 0.6 is 0 Å². The fraction of sp³-hybridized carbons (Fsp3) is 0.391. The fourth-order valence-corrected chi connectivity index (χ4v) is 3.83. The number of nitrogens with zero attached hydrogens (tertiary/aromatic N) is 3. The predicted molar refractivity (Wildman–Crippen MR) is 119 cm³/mol. The van der Waals surface area contributed by atoms with Crippen molar-refractivity contribution in [3.8, 4) is 0 Å². The molecule has 8 heteroatoms. The molecule has 0 bridgehead atoms. The second-order valence-electron chi connectivity index (χ2n) is 8.10. The van der Waals surface area contributed by atoms with E-state index in [1.54, 1.807) is 19.1 Å². The van der Waals surface area contributed by atoms with Gasteiger partial charge in [-0.3, -0.25) is 24.6 Å². The summed E-state index contributed by atoms with van der Waals surface area (Å²) in [5.41, 5.74) is 1.59. The van der Waals surface area contributed by atoms with E-state index in [0.717, 1.165) is 11.1 Å². The molecule has 1 N–H and O–H groups in total. The second kappa shape index (κ2) is 9.70. The van der Waals surface area contributed by atoms with Gasteiger partial charge in [0.2, 0.25) is 11.8 Å². The quantitative estimate of drug-likeness (QED) is 0.566. The number of rotatable bonds is 6. The van der Waals surface area contributed by atoms with Crippen molar-refractivity contribution in [3.63, 3.8) is 0 Å². The zero-order chi connectivity index (χ0) is 22.5. The third-order valence-corrected chi connectivity index (χ3v) is 5.46. The molecule has 164 valence electrons. The summed E-state index contributed by atoms with van der Waals surface area (Å²) in [6, 6.07) is 13.5. The number of nitro benzene ring substituents is 1. The van der Waals surface area contributed by atoms with Crippen molar-refractivity contribution in [1.29, 1.82) is 0 Å². The van der Waals surface area contributed by atoms with Gasteiger partial charge in [0.25, 0.3) is 5.69 Å². The fourth-order valence-electron chi connectivity index (χ4n) is 3.83. The number of carbonyl (C=O) groups excluding carboxylic acids is 2. The Morgan fingerprint density at radius 3 is 2.26 bits per heavy atom. The summed E-state index contributed by atoms with van der Waals surface area (Å²) in [7, 11) is 0. The van der Waals surface area contributed by atoms with Crippen LogP contribution in [0.4, 0.5) is 11.4 Å². The molecule has 0 aliphatic carbocycles. The van der Waals surface area contributed by atoms with Crippen molar-refractivity contribution in [2.45, 2.75) is 26.8 Å². The Bertz CT molecular complexity index is 953. The lowest BCUT2D eigenvalue weighted by Gasteiger charge is -2.39. The average Bonchev–Trinajstić information content (AvgIpc) is 2.75. The van der Waals surface area contributed by atoms with Gasteiger partial charge in [-0.05, 0) is 24.1 Å². The molecule has 1 atom stereocenters. The maximum atomic E-state index is 13.3. The standard InChI is InChI=1S/C23H28N4O4/c1-16(2)23(29)26-13-11-25(12-14-26)21(18-7-5-4-6-8-18)22(28)24-19-10-9-17(3)15-20(19)27(30)31/h4-10,15-16,21H,11-14H2,1-3H3,(H,24,28). The molecular weight excluding hydrogens is 396 g/mol. The lowest BCUT2D eigenvalue weighted by atomic mass is 10.0. The molecule has 1 saturated heterocycles. The summed E-state index contributed by atoms with van der Waals surface area (Å²) < 4.78 is 0. The molecule has 2 aromatic carbocycles. The molecule has 1 unspecified atom stereocenters. The van der Waals surface area contributed by atoms with E-state index in [-0.39, 0.29) is 29.1 Å². The van der Waals surface area contributed by atoms with Crippen LogP contribution in [0.15, 0.2) is 48.5 Å². The van der Waals surface area contributed by atoms with E-state index >= 15 is 0 Å². The first kappa shape index (κ1) is 22.4. The molecule has 8 nitrogen and oxygen atoms in total. The van der Waals surface area contributed by atoms with E-state index in [4.69, 9.17) is 0 Å². The maximum absolute atomic E-state index is 13.3. The summed E-state index contributed by atoms with van der Waals surface area (Å²) in [5, 5.41) is 14.2. The average molecular weight is 425 g/mol. The second-order valence-corrected chi connectivity index (χ2v) is 8.10. The van der Waals surface area contributed by atoms with Gasteiger partial charge in [0.05, 0.1) is 4.92 Å². The monoisotopic (exact) mass is 424 g/mol. The van der Waals surface area contributed by atoms with Crippen molar-refractivity contribution >= 4 is 23.2 Å². The molecule has 1 aliphatic rings. The van der Waals surface area contributed by atoms with Gasteiger partial charge in [0, 0.05) is 38.2 Å². The number of hydrogen-bond acceptors (Lipinski definition) is 5. The van der Waals surface area contributed by atoms with Crippen LogP contribution in [0.1, 0.15) is 31.0 Å². The number of piperazine rings is 1. The largest absolute Gasteiger partial charge is 0.340 e. The first-order valence-electron chi connectivity index (χ1n) is 10.4. The SMILES string of the molecule is Cc1ccc(NC(=O)C(c2ccccc2)N2CCN(C(=O)C(C)C)CC2)c([N+](=O)[O-])c1. The summed E-state index contributed by atoms with van der Waals surface area (Å²) in [6.07, 6.45) is 0. The highest BCUT2D eigenvalue weighted by atomic mass is 16.6. The Hall–Kier alpha value is -3.26. The highest BCUT2D eigenvalue weighted by Crippen LogP contribution is 2.29. The number of nitro groups is 1. The molecule has 0 saturated carbocycles.